The van der Waals surface area contributed by atoms with Crippen molar-refractivity contribution in [2.45, 2.75) is 24.5 Å². The van der Waals surface area contributed by atoms with Gasteiger partial charge in [0.2, 0.25) is 5.91 Å². The molecule has 0 radical (unpaired) electrons. The lowest BCUT2D eigenvalue weighted by molar-refractivity contribution is -0.119. The van der Waals surface area contributed by atoms with E-state index in [1.165, 1.54) is 11.3 Å². The lowest BCUT2D eigenvalue weighted by Crippen LogP contribution is -2.55. The Hall–Kier alpha value is -1.71. The van der Waals surface area contributed by atoms with Crippen LogP contribution in [0.25, 0.3) is 10.2 Å². The van der Waals surface area contributed by atoms with Gasteiger partial charge in [-0.15, -0.1) is 0 Å². The number of benzene rings is 1. The highest BCUT2D eigenvalue weighted by Crippen LogP contribution is 2.33. The third-order valence-corrected chi connectivity index (χ3v) is 7.37. The van der Waals surface area contributed by atoms with Gasteiger partial charge in [0.05, 0.1) is 16.8 Å². The van der Waals surface area contributed by atoms with E-state index in [2.05, 4.69) is 15.6 Å². The summed E-state index contributed by atoms with van der Waals surface area (Å²) in [5.74, 6) is 0.239. The molecule has 7 nitrogen and oxygen atoms in total. The van der Waals surface area contributed by atoms with Crippen LogP contribution in [0.15, 0.2) is 18.2 Å². The van der Waals surface area contributed by atoms with Crippen molar-refractivity contribution in [3.8, 4) is 5.75 Å². The number of piperidine rings is 1. The van der Waals surface area contributed by atoms with Crippen LogP contribution in [0.2, 0.25) is 0 Å². The minimum atomic E-state index is -3.55. The Balaban J connectivity index is 1.87. The molecule has 0 saturated carbocycles. The molecule has 2 aromatic rings. The van der Waals surface area contributed by atoms with Crippen molar-refractivity contribution in [3.05, 3.63) is 18.2 Å². The number of fused-ring (bicyclic) bond motifs is 1. The molecule has 1 aromatic heterocycles. The van der Waals surface area contributed by atoms with Gasteiger partial charge in [-0.2, -0.15) is 0 Å². The molecule has 2 heterocycles. The first-order valence-electron chi connectivity index (χ1n) is 8.11. The minimum Gasteiger partial charge on any atom is -0.494 e. The van der Waals surface area contributed by atoms with Gasteiger partial charge in [-0.05, 0) is 51.1 Å². The molecule has 0 bridgehead atoms. The standard InChI is InChI=1S/C16H21N3O4S2/c1-3-23-11-4-5-12-13(10-11)24-15(18-12)19-14(20)16(25(2,21)22)6-8-17-9-7-16/h4-5,10,17H,3,6-9H2,1-2H3,(H,18,19,20). The van der Waals surface area contributed by atoms with E-state index >= 15 is 0 Å². The second kappa shape index (κ2) is 6.89. The van der Waals surface area contributed by atoms with Crippen LogP contribution >= 0.6 is 11.3 Å². The van der Waals surface area contributed by atoms with E-state index in [-0.39, 0.29) is 12.8 Å². The van der Waals surface area contributed by atoms with Gasteiger partial charge in [0.1, 0.15) is 5.75 Å². The second-order valence-corrected chi connectivity index (χ2v) is 9.41. The summed E-state index contributed by atoms with van der Waals surface area (Å²) in [6, 6.07) is 5.51. The van der Waals surface area contributed by atoms with Crippen LogP contribution in [0.3, 0.4) is 0 Å². The van der Waals surface area contributed by atoms with Crippen LogP contribution in [0, 0.1) is 0 Å². The Bertz CT molecular complexity index is 886. The molecule has 1 fully saturated rings. The fourth-order valence-corrected chi connectivity index (χ4v) is 5.25. The molecule has 0 unspecified atom stereocenters. The van der Waals surface area contributed by atoms with E-state index < -0.39 is 20.5 Å². The van der Waals surface area contributed by atoms with Gasteiger partial charge in [0.15, 0.2) is 19.7 Å². The first kappa shape index (κ1) is 18.1. The number of ether oxygens (including phenoxy) is 1. The quantitative estimate of drug-likeness (QED) is 0.817. The van der Waals surface area contributed by atoms with Gasteiger partial charge in [-0.25, -0.2) is 13.4 Å². The normalized spacial score (nSPS) is 17.4. The Morgan fingerprint density at radius 2 is 2.12 bits per heavy atom. The van der Waals surface area contributed by atoms with Crippen molar-refractivity contribution in [2.75, 3.05) is 31.3 Å². The molecule has 136 valence electrons. The van der Waals surface area contributed by atoms with Crippen LogP contribution in [-0.4, -0.2) is 50.0 Å². The van der Waals surface area contributed by atoms with E-state index in [1.807, 2.05) is 25.1 Å². The maximum atomic E-state index is 12.8. The third-order valence-electron chi connectivity index (χ3n) is 4.43. The van der Waals surface area contributed by atoms with E-state index in [9.17, 15) is 13.2 Å². The van der Waals surface area contributed by atoms with Crippen LogP contribution in [0.5, 0.6) is 5.75 Å². The fraction of sp³-hybridized carbons (Fsp3) is 0.500. The molecule has 25 heavy (non-hydrogen) atoms. The maximum absolute atomic E-state index is 12.8. The molecule has 1 aliphatic rings. The molecule has 9 heteroatoms. The van der Waals surface area contributed by atoms with Crippen molar-refractivity contribution < 1.29 is 17.9 Å². The molecule has 1 amide bonds. The van der Waals surface area contributed by atoms with Crippen LogP contribution < -0.4 is 15.4 Å². The average molecular weight is 383 g/mol. The van der Waals surface area contributed by atoms with Gasteiger partial charge in [0.25, 0.3) is 0 Å². The molecule has 1 aromatic carbocycles. The average Bonchev–Trinajstić information content (AvgIpc) is 2.96. The monoisotopic (exact) mass is 383 g/mol. The van der Waals surface area contributed by atoms with Gasteiger partial charge in [0, 0.05) is 6.26 Å². The van der Waals surface area contributed by atoms with Crippen molar-refractivity contribution in [3.63, 3.8) is 0 Å². The number of carbonyl (C=O) groups is 1. The number of aromatic nitrogens is 1. The topological polar surface area (TPSA) is 97.4 Å². The summed E-state index contributed by atoms with van der Waals surface area (Å²) >= 11 is 1.31. The van der Waals surface area contributed by atoms with Crippen molar-refractivity contribution in [1.82, 2.24) is 10.3 Å². The highest BCUT2D eigenvalue weighted by Gasteiger charge is 2.48. The number of anilines is 1. The number of sulfone groups is 1. The molecule has 1 saturated heterocycles. The van der Waals surface area contributed by atoms with Crippen molar-refractivity contribution in [1.29, 1.82) is 0 Å². The van der Waals surface area contributed by atoms with Gasteiger partial charge >= 0.3 is 0 Å². The predicted octanol–water partition coefficient (Wildman–Crippen LogP) is 1.80. The number of hydrogen-bond donors (Lipinski definition) is 2. The van der Waals surface area contributed by atoms with E-state index in [0.717, 1.165) is 22.2 Å². The first-order chi connectivity index (χ1) is 11.9. The summed E-state index contributed by atoms with van der Waals surface area (Å²) in [7, 11) is -3.55. The van der Waals surface area contributed by atoms with E-state index in [1.54, 1.807) is 0 Å². The molecule has 0 atom stereocenters. The minimum absolute atomic E-state index is 0.261. The number of nitrogens with one attached hydrogen (secondary N) is 2. The number of hydrogen-bond acceptors (Lipinski definition) is 7. The lowest BCUT2D eigenvalue weighted by Gasteiger charge is -2.33. The summed E-state index contributed by atoms with van der Waals surface area (Å²) in [4.78, 5) is 17.2. The third kappa shape index (κ3) is 3.49. The zero-order chi connectivity index (χ0) is 18.1. The summed E-state index contributed by atoms with van der Waals surface area (Å²) in [6.07, 6.45) is 1.65. The van der Waals surface area contributed by atoms with Crippen molar-refractivity contribution in [2.24, 2.45) is 0 Å². The Morgan fingerprint density at radius 1 is 1.40 bits per heavy atom. The van der Waals surface area contributed by atoms with Gasteiger partial charge in [-0.3, -0.25) is 4.79 Å². The predicted molar refractivity (Wildman–Crippen MR) is 99.1 cm³/mol. The lowest BCUT2D eigenvalue weighted by atomic mass is 9.96. The highest BCUT2D eigenvalue weighted by atomic mass is 32.2. The molecular formula is C16H21N3O4S2. The first-order valence-corrected chi connectivity index (χ1v) is 10.8. The van der Waals surface area contributed by atoms with E-state index in [4.69, 9.17) is 4.74 Å². The van der Waals surface area contributed by atoms with Crippen LogP contribution in [0.1, 0.15) is 19.8 Å². The molecule has 2 N–H and O–H groups in total. The number of thiazole rings is 1. The Labute approximate surface area is 150 Å². The largest absolute Gasteiger partial charge is 0.494 e. The molecule has 0 spiro atoms. The number of amides is 1. The molecule has 0 aliphatic carbocycles. The zero-order valence-electron chi connectivity index (χ0n) is 14.2. The fourth-order valence-electron chi connectivity index (χ4n) is 3.02. The molecular weight excluding hydrogens is 362 g/mol. The Kier molecular flexibility index (Phi) is 4.99. The summed E-state index contributed by atoms with van der Waals surface area (Å²) < 4.78 is 29.6. The van der Waals surface area contributed by atoms with Gasteiger partial charge in [-0.1, -0.05) is 11.3 Å². The summed E-state index contributed by atoms with van der Waals surface area (Å²) in [5, 5.41) is 6.22. The van der Waals surface area contributed by atoms with Crippen LogP contribution in [0.4, 0.5) is 5.13 Å². The number of rotatable bonds is 5. The van der Waals surface area contributed by atoms with Crippen molar-refractivity contribution >= 4 is 42.4 Å². The SMILES string of the molecule is CCOc1ccc2nc(NC(=O)C3(S(C)(=O)=O)CCNCC3)sc2c1. The maximum Gasteiger partial charge on any atom is 0.247 e. The zero-order valence-corrected chi connectivity index (χ0v) is 15.8. The van der Waals surface area contributed by atoms with Crippen LogP contribution in [-0.2, 0) is 14.6 Å². The van der Waals surface area contributed by atoms with E-state index in [0.29, 0.717) is 24.8 Å². The summed E-state index contributed by atoms with van der Waals surface area (Å²) in [6.45, 7) is 3.47. The highest BCUT2D eigenvalue weighted by molar-refractivity contribution is 7.92. The molecule has 1 aliphatic heterocycles. The molecule has 3 rings (SSSR count). The Morgan fingerprint density at radius 3 is 2.76 bits per heavy atom. The smallest absolute Gasteiger partial charge is 0.247 e. The second-order valence-electron chi connectivity index (χ2n) is 6.05. The number of nitrogens with zero attached hydrogens (tertiary/aromatic N) is 1. The van der Waals surface area contributed by atoms with Gasteiger partial charge < -0.3 is 15.4 Å². The number of carbonyl (C=O) groups excluding carboxylic acids is 1. The summed E-state index contributed by atoms with van der Waals surface area (Å²) in [5.41, 5.74) is 0.738.